The van der Waals surface area contributed by atoms with E-state index >= 15 is 0 Å². The first-order valence-electron chi connectivity index (χ1n) is 6.52. The van der Waals surface area contributed by atoms with Crippen LogP contribution in [0.3, 0.4) is 0 Å². The first kappa shape index (κ1) is 15.3. The van der Waals surface area contributed by atoms with Gasteiger partial charge < -0.3 is 10.0 Å². The molecule has 21 heavy (non-hydrogen) atoms. The predicted octanol–water partition coefficient (Wildman–Crippen LogP) is 1.15. The zero-order valence-corrected chi connectivity index (χ0v) is 12.9. The Morgan fingerprint density at radius 2 is 2.29 bits per heavy atom. The van der Waals surface area contributed by atoms with Gasteiger partial charge in [-0.05, 0) is 11.4 Å². The summed E-state index contributed by atoms with van der Waals surface area (Å²) in [4.78, 5) is 14.9. The lowest BCUT2D eigenvalue weighted by molar-refractivity contribution is 0.305. The third-order valence-electron chi connectivity index (χ3n) is 2.87. The molecule has 6 heteroatoms. The zero-order valence-electron chi connectivity index (χ0n) is 12.0. The maximum absolute atomic E-state index is 12.1. The number of aliphatic hydroxyl groups excluding tert-OH is 1. The van der Waals surface area contributed by atoms with Crippen LogP contribution in [0.1, 0.15) is 16.9 Å². The van der Waals surface area contributed by atoms with Gasteiger partial charge in [-0.25, -0.2) is 4.68 Å². The summed E-state index contributed by atoms with van der Waals surface area (Å²) < 4.78 is 1.43. The van der Waals surface area contributed by atoms with E-state index in [1.165, 1.54) is 4.68 Å². The minimum absolute atomic E-state index is 0.0550. The zero-order chi connectivity index (χ0) is 15.2. The summed E-state index contributed by atoms with van der Waals surface area (Å²) in [7, 11) is 3.74. The van der Waals surface area contributed by atoms with E-state index in [0.717, 1.165) is 16.1 Å². The second-order valence-corrected chi connectivity index (χ2v) is 5.64. The lowest BCUT2D eigenvalue weighted by Gasteiger charge is -2.12. The van der Waals surface area contributed by atoms with Gasteiger partial charge in [0.25, 0.3) is 5.56 Å². The molecule has 0 atom stereocenters. The highest BCUT2D eigenvalue weighted by Crippen LogP contribution is 2.16. The monoisotopic (exact) mass is 303 g/mol. The van der Waals surface area contributed by atoms with E-state index in [-0.39, 0.29) is 12.2 Å². The molecule has 0 aliphatic heterocycles. The first-order chi connectivity index (χ1) is 10.1. The maximum atomic E-state index is 12.1. The Labute approximate surface area is 127 Å². The molecule has 0 aliphatic carbocycles. The summed E-state index contributed by atoms with van der Waals surface area (Å²) in [5.74, 6) is 5.91. The predicted molar refractivity (Wildman–Crippen MR) is 84.8 cm³/mol. The van der Waals surface area contributed by atoms with Crippen LogP contribution in [0.25, 0.3) is 0 Å². The minimum atomic E-state index is -0.135. The Morgan fingerprint density at radius 3 is 2.95 bits per heavy atom. The van der Waals surface area contributed by atoms with Gasteiger partial charge in [-0.3, -0.25) is 4.79 Å². The van der Waals surface area contributed by atoms with Crippen molar-refractivity contribution in [3.05, 3.63) is 44.5 Å². The van der Waals surface area contributed by atoms with Crippen molar-refractivity contribution >= 4 is 17.0 Å². The molecule has 5 nitrogen and oxygen atoms in total. The van der Waals surface area contributed by atoms with Crippen molar-refractivity contribution in [3.63, 3.8) is 0 Å². The van der Waals surface area contributed by atoms with E-state index in [0.29, 0.717) is 13.0 Å². The SMILES string of the molecule is CN(C)c1cnn(Cc2sccc2C#CCCO)c(=O)c1. The van der Waals surface area contributed by atoms with Gasteiger partial charge in [-0.1, -0.05) is 11.8 Å². The molecule has 2 heterocycles. The van der Waals surface area contributed by atoms with Crippen LogP contribution in [0, 0.1) is 11.8 Å². The van der Waals surface area contributed by atoms with Crippen molar-refractivity contribution in [1.29, 1.82) is 0 Å². The molecule has 2 rings (SSSR count). The van der Waals surface area contributed by atoms with Crippen molar-refractivity contribution in [1.82, 2.24) is 9.78 Å². The molecule has 0 unspecified atom stereocenters. The van der Waals surface area contributed by atoms with Crippen LogP contribution in [0.2, 0.25) is 0 Å². The average molecular weight is 303 g/mol. The van der Waals surface area contributed by atoms with E-state index in [9.17, 15) is 4.79 Å². The Balaban J connectivity index is 2.22. The number of nitrogens with zero attached hydrogens (tertiary/aromatic N) is 3. The third kappa shape index (κ3) is 3.94. The fraction of sp³-hybridized carbons (Fsp3) is 0.333. The van der Waals surface area contributed by atoms with E-state index in [1.54, 1.807) is 23.6 Å². The highest BCUT2D eigenvalue weighted by atomic mass is 32.1. The van der Waals surface area contributed by atoms with Gasteiger partial charge >= 0.3 is 0 Å². The molecular weight excluding hydrogens is 286 g/mol. The molecule has 1 N–H and O–H groups in total. The van der Waals surface area contributed by atoms with Crippen molar-refractivity contribution in [2.45, 2.75) is 13.0 Å². The van der Waals surface area contributed by atoms with Crippen LogP contribution in [-0.2, 0) is 6.54 Å². The van der Waals surface area contributed by atoms with E-state index in [1.807, 2.05) is 30.4 Å². The van der Waals surface area contributed by atoms with Gasteiger partial charge in [0.1, 0.15) is 0 Å². The van der Waals surface area contributed by atoms with Crippen LogP contribution >= 0.6 is 11.3 Å². The van der Waals surface area contributed by atoms with E-state index in [2.05, 4.69) is 16.9 Å². The van der Waals surface area contributed by atoms with Crippen molar-refractivity contribution < 1.29 is 5.11 Å². The number of aliphatic hydroxyl groups is 1. The quantitative estimate of drug-likeness (QED) is 0.861. The molecule has 0 bridgehead atoms. The molecule has 0 fully saturated rings. The van der Waals surface area contributed by atoms with Crippen LogP contribution in [0.4, 0.5) is 5.69 Å². The largest absolute Gasteiger partial charge is 0.395 e. The Hall–Kier alpha value is -2.10. The second-order valence-electron chi connectivity index (χ2n) is 4.64. The molecular formula is C15H17N3O2S. The van der Waals surface area contributed by atoms with Gasteiger partial charge in [0.15, 0.2) is 0 Å². The minimum Gasteiger partial charge on any atom is -0.395 e. The van der Waals surface area contributed by atoms with E-state index < -0.39 is 0 Å². The average Bonchev–Trinajstić information content (AvgIpc) is 2.88. The van der Waals surface area contributed by atoms with Crippen LogP contribution in [0.15, 0.2) is 28.5 Å². The van der Waals surface area contributed by atoms with Gasteiger partial charge in [-0.2, -0.15) is 5.10 Å². The number of rotatable bonds is 4. The summed E-state index contributed by atoms with van der Waals surface area (Å²) in [5, 5.41) is 14.9. The number of thiophene rings is 1. The normalized spacial score (nSPS) is 10.0. The lowest BCUT2D eigenvalue weighted by Crippen LogP contribution is -2.24. The van der Waals surface area contributed by atoms with Crippen LogP contribution < -0.4 is 10.5 Å². The fourth-order valence-electron chi connectivity index (χ4n) is 1.71. The second kappa shape index (κ2) is 7.07. The van der Waals surface area contributed by atoms with Gasteiger partial charge in [0.05, 0.1) is 25.0 Å². The lowest BCUT2D eigenvalue weighted by atomic mass is 10.2. The Kier molecular flexibility index (Phi) is 5.14. The number of hydrogen-bond donors (Lipinski definition) is 1. The summed E-state index contributed by atoms with van der Waals surface area (Å²) in [5.41, 5.74) is 1.54. The Morgan fingerprint density at radius 1 is 1.48 bits per heavy atom. The summed E-state index contributed by atoms with van der Waals surface area (Å²) in [6.45, 7) is 0.465. The Bertz CT molecular complexity index is 722. The molecule has 0 amide bonds. The summed E-state index contributed by atoms with van der Waals surface area (Å²) >= 11 is 1.55. The number of aromatic nitrogens is 2. The topological polar surface area (TPSA) is 58.4 Å². The molecule has 2 aromatic rings. The summed E-state index contributed by atoms with van der Waals surface area (Å²) in [6, 6.07) is 3.49. The van der Waals surface area contributed by atoms with Gasteiger partial charge in [0, 0.05) is 37.0 Å². The molecule has 110 valence electrons. The van der Waals surface area contributed by atoms with Crippen molar-refractivity contribution in [3.8, 4) is 11.8 Å². The molecule has 0 spiro atoms. The molecule has 0 saturated carbocycles. The number of anilines is 1. The van der Waals surface area contributed by atoms with Crippen molar-refractivity contribution in [2.75, 3.05) is 25.6 Å². The molecule has 0 aliphatic rings. The van der Waals surface area contributed by atoms with Gasteiger partial charge in [0.2, 0.25) is 0 Å². The van der Waals surface area contributed by atoms with Crippen molar-refractivity contribution in [2.24, 2.45) is 0 Å². The van der Waals surface area contributed by atoms with Crippen LogP contribution in [0.5, 0.6) is 0 Å². The van der Waals surface area contributed by atoms with Gasteiger partial charge in [-0.15, -0.1) is 11.3 Å². The number of hydrogen-bond acceptors (Lipinski definition) is 5. The standard InChI is InChI=1S/C15H17N3O2S/c1-17(2)13-9-15(20)18(16-10-13)11-14-12(6-8-21-14)5-3-4-7-19/h6,8-10,19H,4,7,11H2,1-2H3. The molecule has 0 radical (unpaired) electrons. The van der Waals surface area contributed by atoms with E-state index in [4.69, 9.17) is 5.11 Å². The highest BCUT2D eigenvalue weighted by molar-refractivity contribution is 7.10. The smallest absolute Gasteiger partial charge is 0.269 e. The molecule has 0 saturated heterocycles. The van der Waals surface area contributed by atoms with Crippen LogP contribution in [-0.4, -0.2) is 35.6 Å². The molecule has 2 aromatic heterocycles. The third-order valence-corrected chi connectivity index (χ3v) is 3.78. The summed E-state index contributed by atoms with van der Waals surface area (Å²) in [6.07, 6.45) is 2.12. The first-order valence-corrected chi connectivity index (χ1v) is 7.40. The molecule has 0 aromatic carbocycles. The highest BCUT2D eigenvalue weighted by Gasteiger charge is 2.06. The fourth-order valence-corrected chi connectivity index (χ4v) is 2.52. The maximum Gasteiger partial charge on any atom is 0.269 e.